The fourth-order valence-corrected chi connectivity index (χ4v) is 5.24. The van der Waals surface area contributed by atoms with E-state index in [1.807, 2.05) is 6.20 Å². The summed E-state index contributed by atoms with van der Waals surface area (Å²) in [5.41, 5.74) is -0.133. The van der Waals surface area contributed by atoms with Crippen molar-refractivity contribution in [1.29, 1.82) is 0 Å². The first-order chi connectivity index (χ1) is 22.4. The van der Waals surface area contributed by atoms with Crippen molar-refractivity contribution < 1.29 is 38.7 Å². The summed E-state index contributed by atoms with van der Waals surface area (Å²) in [4.78, 5) is 39.8. The number of nitrogens with one attached hydrogen (secondary N) is 1. The van der Waals surface area contributed by atoms with E-state index in [0.29, 0.717) is 6.61 Å². The molecule has 0 amide bonds. The zero-order valence-electron chi connectivity index (χ0n) is 27.0. The number of aromatic amines is 1. The van der Waals surface area contributed by atoms with Crippen molar-refractivity contribution in [2.75, 3.05) is 46.2 Å². The molecular formula is C31H51N5O10. The van der Waals surface area contributed by atoms with E-state index in [9.17, 15) is 19.5 Å². The fourth-order valence-electron chi connectivity index (χ4n) is 5.24. The molecule has 1 fully saturated rings. The van der Waals surface area contributed by atoms with Gasteiger partial charge in [-0.15, -0.1) is 5.10 Å². The Morgan fingerprint density at radius 2 is 1.63 bits per heavy atom. The third-order valence-corrected chi connectivity index (χ3v) is 7.72. The summed E-state index contributed by atoms with van der Waals surface area (Å²) in [7, 11) is 0. The molecule has 0 radical (unpaired) electrons. The molecule has 0 bridgehead atoms. The molecule has 0 aromatic carbocycles. The summed E-state index contributed by atoms with van der Waals surface area (Å²) in [6.07, 6.45) is 12.9. The van der Waals surface area contributed by atoms with Gasteiger partial charge in [-0.2, -0.15) is 0 Å². The minimum atomic E-state index is -0.970. The number of carbonyl (C=O) groups excluding carboxylic acids is 1. The number of ether oxygens (including phenoxy) is 5. The summed E-state index contributed by atoms with van der Waals surface area (Å²) in [6.45, 7) is 2.64. The molecule has 0 aliphatic carbocycles. The van der Waals surface area contributed by atoms with E-state index < -0.39 is 42.4 Å². The highest BCUT2D eigenvalue weighted by molar-refractivity contribution is 5.60. The molecule has 15 heteroatoms. The van der Waals surface area contributed by atoms with Gasteiger partial charge in [0.1, 0.15) is 25.0 Å². The van der Waals surface area contributed by atoms with Crippen LogP contribution in [0.5, 0.6) is 0 Å². The van der Waals surface area contributed by atoms with Crippen molar-refractivity contribution in [1.82, 2.24) is 24.5 Å². The molecule has 3 N–H and O–H groups in total. The Kier molecular flexibility index (Phi) is 17.6. The summed E-state index contributed by atoms with van der Waals surface area (Å²) >= 11 is 0. The van der Waals surface area contributed by atoms with Crippen LogP contribution in [0.4, 0.5) is 4.79 Å². The van der Waals surface area contributed by atoms with E-state index in [1.165, 1.54) is 62.1 Å². The van der Waals surface area contributed by atoms with Crippen LogP contribution in [-0.4, -0.2) is 99.4 Å². The summed E-state index contributed by atoms with van der Waals surface area (Å²) < 4.78 is 29.2. The number of nitrogens with zero attached hydrogens (tertiary/aromatic N) is 4. The van der Waals surface area contributed by atoms with Crippen LogP contribution in [0.25, 0.3) is 0 Å². The standard InChI is InChI=1S/C31H51N5O10/c1-2-3-4-5-6-7-8-9-10-11-12-25-22-35(34-33-25)20-24-21-36(30(40)32-29(24)39)28-19-26(27(23-38)45-28)46-31(41)44-18-17-43-16-15-42-14-13-37/h21-22,26-28,37-38H,2-20,23H2,1H3,(H,32,39,40)/t26-,27+,28+/m0/s1. The number of rotatable bonds is 24. The van der Waals surface area contributed by atoms with Crippen molar-refractivity contribution in [3.63, 3.8) is 0 Å². The lowest BCUT2D eigenvalue weighted by Gasteiger charge is -2.16. The predicted octanol–water partition coefficient (Wildman–Crippen LogP) is 2.47. The molecule has 1 aliphatic heterocycles. The molecule has 1 saturated heterocycles. The molecule has 0 spiro atoms. The number of H-pyrrole nitrogens is 1. The topological polar surface area (TPSA) is 189 Å². The molecule has 1 aliphatic rings. The minimum Gasteiger partial charge on any atom is -0.432 e. The highest BCUT2D eigenvalue weighted by Crippen LogP contribution is 2.30. The number of hydrogen-bond acceptors (Lipinski definition) is 12. The van der Waals surface area contributed by atoms with E-state index in [2.05, 4.69) is 22.2 Å². The number of aryl methyl sites for hydroxylation is 1. The molecule has 15 nitrogen and oxygen atoms in total. The minimum absolute atomic E-state index is 0.0523. The monoisotopic (exact) mass is 653 g/mol. The lowest BCUT2D eigenvalue weighted by atomic mass is 10.1. The Hall–Kier alpha value is -3.11. The molecule has 46 heavy (non-hydrogen) atoms. The molecule has 0 unspecified atom stereocenters. The molecule has 260 valence electrons. The van der Waals surface area contributed by atoms with Gasteiger partial charge in [-0.25, -0.2) is 14.3 Å². The summed E-state index contributed by atoms with van der Waals surface area (Å²) in [5, 5.41) is 26.8. The van der Waals surface area contributed by atoms with E-state index in [0.717, 1.165) is 25.0 Å². The Morgan fingerprint density at radius 1 is 0.957 bits per heavy atom. The van der Waals surface area contributed by atoms with Crippen LogP contribution >= 0.6 is 0 Å². The average Bonchev–Trinajstić information content (AvgIpc) is 3.67. The van der Waals surface area contributed by atoms with Crippen LogP contribution in [0.1, 0.15) is 95.0 Å². The summed E-state index contributed by atoms with van der Waals surface area (Å²) in [6, 6.07) is 0. The van der Waals surface area contributed by atoms with Crippen molar-refractivity contribution in [3.8, 4) is 0 Å². The number of carbonyl (C=O) groups is 1. The van der Waals surface area contributed by atoms with Crippen LogP contribution in [0, 0.1) is 0 Å². The first kappa shape index (κ1) is 37.3. The first-order valence-corrected chi connectivity index (χ1v) is 16.5. The van der Waals surface area contributed by atoms with Crippen LogP contribution in [0.15, 0.2) is 22.0 Å². The van der Waals surface area contributed by atoms with Gasteiger partial charge < -0.3 is 33.9 Å². The van der Waals surface area contributed by atoms with Crippen molar-refractivity contribution in [2.45, 2.75) is 109 Å². The maximum absolute atomic E-state index is 12.7. The van der Waals surface area contributed by atoms with Gasteiger partial charge >= 0.3 is 11.8 Å². The zero-order chi connectivity index (χ0) is 33.0. The highest BCUT2D eigenvalue weighted by atomic mass is 16.7. The Labute approximate surface area is 269 Å². The molecule has 2 aromatic heterocycles. The van der Waals surface area contributed by atoms with E-state index >= 15 is 0 Å². The second kappa shape index (κ2) is 21.6. The molecular weight excluding hydrogens is 602 g/mol. The number of hydrogen-bond donors (Lipinski definition) is 3. The first-order valence-electron chi connectivity index (χ1n) is 16.5. The fraction of sp³-hybridized carbons (Fsp3) is 0.774. The predicted molar refractivity (Wildman–Crippen MR) is 167 cm³/mol. The van der Waals surface area contributed by atoms with Crippen molar-refractivity contribution >= 4 is 6.16 Å². The molecule has 3 atom stereocenters. The van der Waals surface area contributed by atoms with Gasteiger partial charge in [0.25, 0.3) is 5.56 Å². The van der Waals surface area contributed by atoms with Gasteiger partial charge in [0.2, 0.25) is 0 Å². The molecule has 3 rings (SSSR count). The number of aliphatic hydroxyl groups is 2. The van der Waals surface area contributed by atoms with Gasteiger partial charge in [-0.1, -0.05) is 69.9 Å². The molecule has 0 saturated carbocycles. The Bertz CT molecular complexity index is 1250. The zero-order valence-corrected chi connectivity index (χ0v) is 27.0. The van der Waals surface area contributed by atoms with E-state index in [4.69, 9.17) is 28.8 Å². The quantitative estimate of drug-likeness (QED) is 0.111. The van der Waals surface area contributed by atoms with Crippen molar-refractivity contribution in [2.24, 2.45) is 0 Å². The lowest BCUT2D eigenvalue weighted by molar-refractivity contribution is -0.0600. The number of aromatic nitrogens is 5. The summed E-state index contributed by atoms with van der Waals surface area (Å²) in [5.74, 6) is 0. The number of aliphatic hydroxyl groups excluding tert-OH is 2. The van der Waals surface area contributed by atoms with Gasteiger partial charge in [-0.3, -0.25) is 14.3 Å². The van der Waals surface area contributed by atoms with Gasteiger partial charge in [0.15, 0.2) is 0 Å². The third-order valence-electron chi connectivity index (χ3n) is 7.72. The van der Waals surface area contributed by atoms with E-state index in [1.54, 1.807) is 4.68 Å². The Balaban J connectivity index is 1.44. The highest BCUT2D eigenvalue weighted by Gasteiger charge is 2.39. The maximum atomic E-state index is 12.7. The van der Waals surface area contributed by atoms with Gasteiger partial charge in [0.05, 0.1) is 57.4 Å². The SMILES string of the molecule is CCCCCCCCCCCCc1cn(Cc2cn([C@H]3C[C@H](OC(=O)OCCOCCOCCO)[C@@H](CO)O3)c(=O)[nH]c2=O)nn1. The van der Waals surface area contributed by atoms with Crippen molar-refractivity contribution in [3.05, 3.63) is 44.5 Å². The van der Waals surface area contributed by atoms with Crippen LogP contribution in [0.3, 0.4) is 0 Å². The number of unbranched alkanes of at least 4 members (excludes halogenated alkanes) is 9. The average molecular weight is 654 g/mol. The van der Waals surface area contributed by atoms with Crippen LogP contribution < -0.4 is 11.2 Å². The van der Waals surface area contributed by atoms with Crippen LogP contribution in [-0.2, 0) is 36.6 Å². The second-order valence-corrected chi connectivity index (χ2v) is 11.4. The molecule has 2 aromatic rings. The Morgan fingerprint density at radius 3 is 2.33 bits per heavy atom. The maximum Gasteiger partial charge on any atom is 0.508 e. The smallest absolute Gasteiger partial charge is 0.432 e. The van der Waals surface area contributed by atoms with Gasteiger partial charge in [0, 0.05) is 18.8 Å². The van der Waals surface area contributed by atoms with Gasteiger partial charge in [-0.05, 0) is 12.8 Å². The third kappa shape index (κ3) is 13.3. The largest absolute Gasteiger partial charge is 0.508 e. The normalized spacial score (nSPS) is 17.8. The van der Waals surface area contributed by atoms with E-state index in [-0.39, 0.29) is 51.6 Å². The second-order valence-electron chi connectivity index (χ2n) is 11.4. The lowest BCUT2D eigenvalue weighted by Crippen LogP contribution is -2.34. The molecule has 3 heterocycles. The van der Waals surface area contributed by atoms with Crippen LogP contribution in [0.2, 0.25) is 0 Å².